The minimum atomic E-state index is 1.04. The van der Waals surface area contributed by atoms with Crippen LogP contribution in [-0.2, 0) is 0 Å². The van der Waals surface area contributed by atoms with E-state index in [-0.39, 0.29) is 0 Å². The Balaban J connectivity index is 1.83. The van der Waals surface area contributed by atoms with Crippen LogP contribution in [0.5, 0.6) is 0 Å². The van der Waals surface area contributed by atoms with Crippen molar-refractivity contribution in [3.8, 4) is 0 Å². The van der Waals surface area contributed by atoms with Crippen LogP contribution in [0.2, 0.25) is 0 Å². The van der Waals surface area contributed by atoms with Crippen molar-refractivity contribution in [1.82, 2.24) is 0 Å². The number of hydrogen-bond acceptors (Lipinski definition) is 1. The summed E-state index contributed by atoms with van der Waals surface area (Å²) in [4.78, 5) is 0. The lowest BCUT2D eigenvalue weighted by Gasteiger charge is -2.24. The van der Waals surface area contributed by atoms with Crippen LogP contribution in [0, 0.1) is 5.92 Å². The van der Waals surface area contributed by atoms with Gasteiger partial charge < -0.3 is 0 Å². The second kappa shape index (κ2) is 6.05. The minimum Gasteiger partial charge on any atom is -0.158 e. The topological polar surface area (TPSA) is 0 Å². The van der Waals surface area contributed by atoms with Crippen molar-refractivity contribution in [2.75, 3.05) is 5.75 Å². The van der Waals surface area contributed by atoms with E-state index < -0.39 is 0 Å². The molecule has 1 heterocycles. The zero-order valence-electron chi connectivity index (χ0n) is 9.34. The molecule has 1 unspecified atom stereocenters. The Morgan fingerprint density at radius 2 is 1.29 bits per heavy atom. The maximum atomic E-state index is 2.30. The van der Waals surface area contributed by atoms with E-state index in [1.165, 1.54) is 70.0 Å². The standard InChI is InChI=1S/C13H24S/c1-2-5-9-12(8-4-1)13-10-6-3-7-11-14-13/h12-13H,1-11H2. The smallest absolute Gasteiger partial charge is 0.00753 e. The monoisotopic (exact) mass is 212 g/mol. The van der Waals surface area contributed by atoms with E-state index in [1.807, 2.05) is 0 Å². The van der Waals surface area contributed by atoms with Crippen LogP contribution in [0.15, 0.2) is 0 Å². The fraction of sp³-hybridized carbons (Fsp3) is 1.00. The number of hydrogen-bond donors (Lipinski definition) is 0. The molecule has 0 aromatic carbocycles. The van der Waals surface area contributed by atoms with Crippen molar-refractivity contribution in [1.29, 1.82) is 0 Å². The predicted octanol–water partition coefficient (Wildman–Crippen LogP) is 4.63. The molecule has 1 aliphatic heterocycles. The molecule has 0 aromatic rings. The average molecular weight is 212 g/mol. The van der Waals surface area contributed by atoms with E-state index in [0.29, 0.717) is 0 Å². The molecule has 1 aliphatic carbocycles. The Hall–Kier alpha value is 0.350. The molecule has 0 N–H and O–H groups in total. The molecule has 0 aromatic heterocycles. The molecule has 1 saturated carbocycles. The molecule has 1 heteroatoms. The van der Waals surface area contributed by atoms with Gasteiger partial charge in [-0.05, 0) is 37.4 Å². The first kappa shape index (κ1) is 10.9. The number of thioether (sulfide) groups is 1. The van der Waals surface area contributed by atoms with Gasteiger partial charge in [0.1, 0.15) is 0 Å². The molecule has 0 nitrogen and oxygen atoms in total. The molecule has 1 atom stereocenters. The van der Waals surface area contributed by atoms with Crippen LogP contribution < -0.4 is 0 Å². The van der Waals surface area contributed by atoms with Crippen molar-refractivity contribution in [3.63, 3.8) is 0 Å². The maximum absolute atomic E-state index is 2.30. The van der Waals surface area contributed by atoms with E-state index in [4.69, 9.17) is 0 Å². The van der Waals surface area contributed by atoms with Gasteiger partial charge in [0.2, 0.25) is 0 Å². The molecule has 2 aliphatic rings. The van der Waals surface area contributed by atoms with Crippen LogP contribution in [-0.4, -0.2) is 11.0 Å². The summed E-state index contributed by atoms with van der Waals surface area (Å²) >= 11 is 2.30. The fourth-order valence-electron chi connectivity index (χ4n) is 3.00. The van der Waals surface area contributed by atoms with Crippen molar-refractivity contribution in [2.45, 2.75) is 69.5 Å². The van der Waals surface area contributed by atoms with E-state index in [2.05, 4.69) is 11.8 Å². The molecule has 0 spiro atoms. The van der Waals surface area contributed by atoms with Crippen molar-refractivity contribution in [3.05, 3.63) is 0 Å². The average Bonchev–Trinajstić information content (AvgIpc) is 2.62. The summed E-state index contributed by atoms with van der Waals surface area (Å²) in [5.41, 5.74) is 0. The second-order valence-electron chi connectivity index (χ2n) is 5.01. The molecule has 14 heavy (non-hydrogen) atoms. The molecule has 82 valence electrons. The van der Waals surface area contributed by atoms with Crippen LogP contribution in [0.3, 0.4) is 0 Å². The molecule has 0 radical (unpaired) electrons. The van der Waals surface area contributed by atoms with Crippen molar-refractivity contribution < 1.29 is 0 Å². The van der Waals surface area contributed by atoms with Gasteiger partial charge >= 0.3 is 0 Å². The first-order valence-corrected chi connectivity index (χ1v) is 7.63. The Bertz CT molecular complexity index is 121. The van der Waals surface area contributed by atoms with Gasteiger partial charge in [-0.2, -0.15) is 11.8 Å². The Kier molecular flexibility index (Phi) is 4.69. The van der Waals surface area contributed by atoms with Crippen LogP contribution >= 0.6 is 11.8 Å². The highest BCUT2D eigenvalue weighted by Gasteiger charge is 2.23. The van der Waals surface area contributed by atoms with E-state index in [0.717, 1.165) is 11.2 Å². The molecule has 1 saturated heterocycles. The van der Waals surface area contributed by atoms with Gasteiger partial charge in [0.15, 0.2) is 0 Å². The molecule has 2 fully saturated rings. The van der Waals surface area contributed by atoms with E-state index >= 15 is 0 Å². The van der Waals surface area contributed by atoms with E-state index in [9.17, 15) is 0 Å². The molecular formula is C13H24S. The summed E-state index contributed by atoms with van der Waals surface area (Å²) in [5.74, 6) is 2.53. The van der Waals surface area contributed by atoms with Crippen molar-refractivity contribution >= 4 is 11.8 Å². The normalized spacial score (nSPS) is 32.1. The summed E-state index contributed by atoms with van der Waals surface area (Å²) in [6, 6.07) is 0. The minimum absolute atomic E-state index is 1.04. The van der Waals surface area contributed by atoms with Crippen LogP contribution in [0.25, 0.3) is 0 Å². The lowest BCUT2D eigenvalue weighted by molar-refractivity contribution is 0.423. The van der Waals surface area contributed by atoms with E-state index in [1.54, 1.807) is 0 Å². The summed E-state index contributed by atoms with van der Waals surface area (Å²) in [7, 11) is 0. The quantitative estimate of drug-likeness (QED) is 0.571. The summed E-state index contributed by atoms with van der Waals surface area (Å²) in [6.07, 6.45) is 15.1. The molecule has 2 rings (SSSR count). The SMILES string of the molecule is C1CCCC(C2CCCCCS2)CC1. The fourth-order valence-corrected chi connectivity index (χ4v) is 4.55. The second-order valence-corrected chi connectivity index (χ2v) is 6.36. The number of rotatable bonds is 1. The molecular weight excluding hydrogens is 188 g/mol. The Morgan fingerprint density at radius 3 is 2.07 bits per heavy atom. The highest BCUT2D eigenvalue weighted by Crippen LogP contribution is 2.36. The van der Waals surface area contributed by atoms with Gasteiger partial charge in [-0.1, -0.05) is 38.5 Å². The summed E-state index contributed by atoms with van der Waals surface area (Å²) in [5, 5.41) is 1.04. The highest BCUT2D eigenvalue weighted by molar-refractivity contribution is 7.99. The first-order valence-electron chi connectivity index (χ1n) is 6.58. The van der Waals surface area contributed by atoms with Gasteiger partial charge in [0.05, 0.1) is 0 Å². The van der Waals surface area contributed by atoms with Gasteiger partial charge in [0, 0.05) is 5.25 Å². The maximum Gasteiger partial charge on any atom is 0.00753 e. The summed E-state index contributed by atoms with van der Waals surface area (Å²) < 4.78 is 0. The van der Waals surface area contributed by atoms with Gasteiger partial charge in [-0.15, -0.1) is 0 Å². The van der Waals surface area contributed by atoms with Gasteiger partial charge in [-0.25, -0.2) is 0 Å². The van der Waals surface area contributed by atoms with Crippen LogP contribution in [0.1, 0.15) is 64.2 Å². The highest BCUT2D eigenvalue weighted by atomic mass is 32.2. The third kappa shape index (κ3) is 3.18. The lowest BCUT2D eigenvalue weighted by atomic mass is 9.93. The zero-order chi connectivity index (χ0) is 9.64. The molecule has 0 bridgehead atoms. The Labute approximate surface area is 93.2 Å². The lowest BCUT2D eigenvalue weighted by Crippen LogP contribution is -2.16. The third-order valence-corrected chi connectivity index (χ3v) is 5.46. The Morgan fingerprint density at radius 1 is 0.643 bits per heavy atom. The van der Waals surface area contributed by atoms with Crippen LogP contribution in [0.4, 0.5) is 0 Å². The molecule has 0 amide bonds. The zero-order valence-corrected chi connectivity index (χ0v) is 10.2. The largest absolute Gasteiger partial charge is 0.158 e. The first-order chi connectivity index (χ1) is 6.97. The summed E-state index contributed by atoms with van der Waals surface area (Å²) in [6.45, 7) is 0. The van der Waals surface area contributed by atoms with Gasteiger partial charge in [-0.3, -0.25) is 0 Å². The van der Waals surface area contributed by atoms with Gasteiger partial charge in [0.25, 0.3) is 0 Å². The van der Waals surface area contributed by atoms with Crippen molar-refractivity contribution in [2.24, 2.45) is 5.92 Å². The third-order valence-electron chi connectivity index (χ3n) is 3.89. The predicted molar refractivity (Wildman–Crippen MR) is 65.9 cm³/mol.